The lowest BCUT2D eigenvalue weighted by molar-refractivity contribution is 0.392. The molecule has 1 heterocycles. The van der Waals surface area contributed by atoms with Crippen molar-refractivity contribution in [3.05, 3.63) is 17.0 Å². The van der Waals surface area contributed by atoms with Crippen LogP contribution in [-0.4, -0.2) is 31.3 Å². The molecule has 0 radical (unpaired) electrons. The number of aromatic nitrogens is 1. The van der Waals surface area contributed by atoms with Gasteiger partial charge in [0.2, 0.25) is 0 Å². The molecule has 5 nitrogen and oxygen atoms in total. The van der Waals surface area contributed by atoms with Crippen molar-refractivity contribution in [2.75, 3.05) is 20.1 Å². The maximum Gasteiger partial charge on any atom is 0.190 e. The highest BCUT2D eigenvalue weighted by molar-refractivity contribution is 14.0. The fourth-order valence-electron chi connectivity index (χ4n) is 3.28. The minimum Gasteiger partial charge on any atom is -0.361 e. The summed E-state index contributed by atoms with van der Waals surface area (Å²) in [6.45, 7) is 5.79. The second kappa shape index (κ2) is 10.9. The Kier molecular flexibility index (Phi) is 9.59. The first kappa shape index (κ1) is 20.3. The second-order valence-corrected chi connectivity index (χ2v) is 6.27. The molecule has 0 amide bonds. The summed E-state index contributed by atoms with van der Waals surface area (Å²) in [5.41, 5.74) is 2.18. The van der Waals surface area contributed by atoms with E-state index in [0.29, 0.717) is 0 Å². The van der Waals surface area contributed by atoms with Gasteiger partial charge in [-0.05, 0) is 39.0 Å². The molecule has 1 fully saturated rings. The van der Waals surface area contributed by atoms with Crippen LogP contribution in [0.2, 0.25) is 0 Å². The molecule has 0 aliphatic heterocycles. The molecular weight excluding hydrogens is 403 g/mol. The summed E-state index contributed by atoms with van der Waals surface area (Å²) >= 11 is 0. The van der Waals surface area contributed by atoms with Crippen molar-refractivity contribution >= 4 is 29.9 Å². The van der Waals surface area contributed by atoms with E-state index in [4.69, 9.17) is 4.52 Å². The molecule has 1 aliphatic rings. The molecular formula is C17H31IN4O. The first-order valence-corrected chi connectivity index (χ1v) is 8.57. The van der Waals surface area contributed by atoms with E-state index in [1.807, 2.05) is 20.9 Å². The highest BCUT2D eigenvalue weighted by Crippen LogP contribution is 2.28. The first-order chi connectivity index (χ1) is 10.7. The normalized spacial score (nSPS) is 15.5. The van der Waals surface area contributed by atoms with Crippen molar-refractivity contribution in [3.63, 3.8) is 0 Å². The van der Waals surface area contributed by atoms with Crippen molar-refractivity contribution in [3.8, 4) is 0 Å². The van der Waals surface area contributed by atoms with Crippen LogP contribution in [0.1, 0.15) is 55.5 Å². The molecule has 1 aliphatic carbocycles. The molecule has 132 valence electrons. The standard InChI is InChI=1S/C17H30N4O.HI/c1-13-16(14(2)22-21-13)10-12-20-17(18-3)19-11-6-9-15-7-4-5-8-15;/h15H,4-12H2,1-3H3,(H2,18,19,20);1H. The van der Waals surface area contributed by atoms with E-state index >= 15 is 0 Å². The first-order valence-electron chi connectivity index (χ1n) is 8.57. The van der Waals surface area contributed by atoms with E-state index in [-0.39, 0.29) is 24.0 Å². The second-order valence-electron chi connectivity index (χ2n) is 6.27. The topological polar surface area (TPSA) is 62.5 Å². The number of nitrogens with one attached hydrogen (secondary N) is 2. The van der Waals surface area contributed by atoms with Crippen LogP contribution < -0.4 is 10.6 Å². The molecule has 0 spiro atoms. The molecule has 0 saturated heterocycles. The minimum absolute atomic E-state index is 0. The van der Waals surface area contributed by atoms with Crippen molar-refractivity contribution < 1.29 is 4.52 Å². The Labute approximate surface area is 157 Å². The van der Waals surface area contributed by atoms with Crippen LogP contribution >= 0.6 is 24.0 Å². The van der Waals surface area contributed by atoms with Crippen molar-refractivity contribution in [1.29, 1.82) is 0 Å². The van der Waals surface area contributed by atoms with E-state index in [0.717, 1.165) is 42.8 Å². The summed E-state index contributed by atoms with van der Waals surface area (Å²) in [5, 5.41) is 10.7. The van der Waals surface area contributed by atoms with Crippen LogP contribution in [0.5, 0.6) is 0 Å². The molecule has 0 unspecified atom stereocenters. The van der Waals surface area contributed by atoms with Gasteiger partial charge in [-0.1, -0.05) is 30.8 Å². The molecule has 23 heavy (non-hydrogen) atoms. The molecule has 2 rings (SSSR count). The van der Waals surface area contributed by atoms with Crippen LogP contribution in [0.4, 0.5) is 0 Å². The number of nitrogens with zero attached hydrogens (tertiary/aromatic N) is 2. The minimum atomic E-state index is 0. The largest absolute Gasteiger partial charge is 0.361 e. The number of aryl methyl sites for hydroxylation is 2. The van der Waals surface area contributed by atoms with Gasteiger partial charge in [-0.2, -0.15) is 0 Å². The third-order valence-electron chi connectivity index (χ3n) is 4.63. The zero-order chi connectivity index (χ0) is 15.8. The summed E-state index contributed by atoms with van der Waals surface area (Å²) in [6, 6.07) is 0. The molecule has 0 atom stereocenters. The third kappa shape index (κ3) is 6.69. The van der Waals surface area contributed by atoms with Gasteiger partial charge in [-0.15, -0.1) is 24.0 Å². The van der Waals surface area contributed by atoms with Crippen LogP contribution in [0.3, 0.4) is 0 Å². The molecule has 6 heteroatoms. The molecule has 1 aromatic heterocycles. The molecule has 2 N–H and O–H groups in total. The van der Waals surface area contributed by atoms with E-state index in [1.165, 1.54) is 44.1 Å². The Morgan fingerprint density at radius 1 is 1.22 bits per heavy atom. The number of aliphatic imine (C=N–C) groups is 1. The molecule has 0 aromatic carbocycles. The highest BCUT2D eigenvalue weighted by Gasteiger charge is 2.14. The fraction of sp³-hybridized carbons (Fsp3) is 0.765. The van der Waals surface area contributed by atoms with Gasteiger partial charge < -0.3 is 15.2 Å². The van der Waals surface area contributed by atoms with Crippen LogP contribution in [0, 0.1) is 19.8 Å². The summed E-state index contributed by atoms with van der Waals surface area (Å²) in [5.74, 6) is 2.77. The molecule has 0 bridgehead atoms. The fourth-order valence-corrected chi connectivity index (χ4v) is 3.28. The zero-order valence-corrected chi connectivity index (χ0v) is 17.0. The Morgan fingerprint density at radius 2 is 1.91 bits per heavy atom. The van der Waals surface area contributed by atoms with Crippen molar-refractivity contribution in [1.82, 2.24) is 15.8 Å². The van der Waals surface area contributed by atoms with Crippen LogP contribution in [0.25, 0.3) is 0 Å². The SMILES string of the molecule is CN=C(NCCCC1CCCC1)NCCc1c(C)noc1C.I. The number of guanidine groups is 1. The van der Waals surface area contributed by atoms with E-state index < -0.39 is 0 Å². The highest BCUT2D eigenvalue weighted by atomic mass is 127. The van der Waals surface area contributed by atoms with E-state index in [2.05, 4.69) is 20.8 Å². The summed E-state index contributed by atoms with van der Waals surface area (Å²) in [7, 11) is 1.82. The Bertz CT molecular complexity index is 461. The van der Waals surface area contributed by atoms with Crippen LogP contribution in [-0.2, 0) is 6.42 Å². The van der Waals surface area contributed by atoms with Gasteiger partial charge in [0, 0.05) is 25.7 Å². The lowest BCUT2D eigenvalue weighted by atomic mass is 10.0. The zero-order valence-electron chi connectivity index (χ0n) is 14.7. The quantitative estimate of drug-likeness (QED) is 0.298. The van der Waals surface area contributed by atoms with Gasteiger partial charge in [0.25, 0.3) is 0 Å². The monoisotopic (exact) mass is 434 g/mol. The summed E-state index contributed by atoms with van der Waals surface area (Å²) < 4.78 is 5.18. The number of rotatable bonds is 7. The van der Waals surface area contributed by atoms with Gasteiger partial charge in [0.05, 0.1) is 5.69 Å². The Hall–Kier alpha value is -0.790. The predicted octanol–water partition coefficient (Wildman–Crippen LogP) is 3.59. The maximum atomic E-state index is 5.18. The Morgan fingerprint density at radius 3 is 2.52 bits per heavy atom. The smallest absolute Gasteiger partial charge is 0.190 e. The maximum absolute atomic E-state index is 5.18. The van der Waals surface area contributed by atoms with Gasteiger partial charge in [0.15, 0.2) is 5.96 Å². The Balaban J connectivity index is 0.00000264. The van der Waals surface area contributed by atoms with E-state index in [9.17, 15) is 0 Å². The van der Waals surface area contributed by atoms with E-state index in [1.54, 1.807) is 0 Å². The number of hydrogen-bond donors (Lipinski definition) is 2. The van der Waals surface area contributed by atoms with Gasteiger partial charge in [-0.3, -0.25) is 4.99 Å². The lowest BCUT2D eigenvalue weighted by Gasteiger charge is -2.13. The lowest BCUT2D eigenvalue weighted by Crippen LogP contribution is -2.38. The number of halogens is 1. The number of hydrogen-bond acceptors (Lipinski definition) is 3. The predicted molar refractivity (Wildman–Crippen MR) is 106 cm³/mol. The molecule has 1 saturated carbocycles. The molecule has 1 aromatic rings. The van der Waals surface area contributed by atoms with Gasteiger partial charge in [0.1, 0.15) is 5.76 Å². The third-order valence-corrected chi connectivity index (χ3v) is 4.63. The van der Waals surface area contributed by atoms with Crippen molar-refractivity contribution in [2.45, 2.75) is 58.8 Å². The summed E-state index contributed by atoms with van der Waals surface area (Å²) in [6.07, 6.45) is 9.23. The van der Waals surface area contributed by atoms with Crippen molar-refractivity contribution in [2.24, 2.45) is 10.9 Å². The van der Waals surface area contributed by atoms with Crippen LogP contribution in [0.15, 0.2) is 9.52 Å². The van der Waals surface area contributed by atoms with Gasteiger partial charge in [-0.25, -0.2) is 0 Å². The average molecular weight is 434 g/mol. The van der Waals surface area contributed by atoms with Gasteiger partial charge >= 0.3 is 0 Å². The summed E-state index contributed by atoms with van der Waals surface area (Å²) in [4.78, 5) is 4.28. The average Bonchev–Trinajstić information content (AvgIpc) is 3.14.